The van der Waals surface area contributed by atoms with Gasteiger partial charge in [-0.1, -0.05) is 0 Å². The first kappa shape index (κ1) is 10.6. The van der Waals surface area contributed by atoms with E-state index in [-0.39, 0.29) is 9.86 Å². The van der Waals surface area contributed by atoms with Crippen LogP contribution in [0.15, 0.2) is 11.6 Å². The molecule has 1 unspecified atom stereocenters. The van der Waals surface area contributed by atoms with Gasteiger partial charge in [-0.05, 0) is 0 Å². The Hall–Kier alpha value is -0.500. The number of carbonyl (C=O) groups is 1. The summed E-state index contributed by atoms with van der Waals surface area (Å²) in [6.07, 6.45) is 1.44. The zero-order chi connectivity index (χ0) is 10.1. The van der Waals surface area contributed by atoms with Crippen LogP contribution in [0.4, 0.5) is 0 Å². The minimum atomic E-state index is -3.55. The molecule has 1 aromatic heterocycles. The molecule has 0 aliphatic heterocycles. The Morgan fingerprint density at radius 1 is 1.85 bits per heavy atom. The van der Waals surface area contributed by atoms with Crippen LogP contribution in [0.25, 0.3) is 0 Å². The van der Waals surface area contributed by atoms with E-state index in [0.717, 1.165) is 16.0 Å². The van der Waals surface area contributed by atoms with Gasteiger partial charge in [0.15, 0.2) is 0 Å². The molecule has 0 radical (unpaired) electrons. The van der Waals surface area contributed by atoms with E-state index >= 15 is 0 Å². The molecule has 0 saturated carbocycles. The van der Waals surface area contributed by atoms with Crippen molar-refractivity contribution in [3.8, 4) is 0 Å². The summed E-state index contributed by atoms with van der Waals surface area (Å²) < 4.78 is 21.1. The van der Waals surface area contributed by atoms with Crippen molar-refractivity contribution in [2.45, 2.75) is 6.92 Å². The van der Waals surface area contributed by atoms with Crippen LogP contribution < -0.4 is 5.43 Å². The molecule has 0 fully saturated rings. The van der Waals surface area contributed by atoms with E-state index in [9.17, 15) is 9.00 Å². The lowest BCUT2D eigenvalue weighted by Gasteiger charge is -2.02. The van der Waals surface area contributed by atoms with Crippen LogP contribution in [0.3, 0.4) is 0 Å². The quantitative estimate of drug-likeness (QED) is 0.572. The van der Waals surface area contributed by atoms with Crippen molar-refractivity contribution in [1.82, 2.24) is 4.68 Å². The monoisotopic (exact) mass is 242 g/mol. The number of thiazole rings is 1. The Morgan fingerprint density at radius 3 is 2.92 bits per heavy atom. The summed E-state index contributed by atoms with van der Waals surface area (Å²) in [6, 6.07) is 0. The van der Waals surface area contributed by atoms with Gasteiger partial charge in [-0.25, -0.2) is 8.89 Å². The highest BCUT2D eigenvalue weighted by atomic mass is 35.7. The van der Waals surface area contributed by atoms with E-state index in [4.69, 9.17) is 15.2 Å². The predicted molar refractivity (Wildman–Crippen MR) is 52.2 cm³/mol. The topological polar surface area (TPSA) is 71.3 Å². The molecular weight excluding hydrogens is 236 g/mol. The maximum Gasteiger partial charge on any atom is 0.235 e. The summed E-state index contributed by atoms with van der Waals surface area (Å²) in [5.74, 6) is -0.343. The number of hydrogen-bond donors (Lipinski definition) is 2. The average Bonchev–Trinajstić information content (AvgIpc) is 2.31. The first-order valence-electron chi connectivity index (χ1n) is 3.14. The van der Waals surface area contributed by atoms with Gasteiger partial charge in [0, 0.05) is 29.2 Å². The van der Waals surface area contributed by atoms with Gasteiger partial charge >= 0.3 is 0 Å². The second-order valence-corrected chi connectivity index (χ2v) is 5.88. The van der Waals surface area contributed by atoms with Crippen molar-refractivity contribution in [2.75, 3.05) is 5.43 Å². The summed E-state index contributed by atoms with van der Waals surface area (Å²) in [6.45, 7) is 1.29. The van der Waals surface area contributed by atoms with Crippen LogP contribution in [-0.2, 0) is 13.8 Å². The molecule has 1 rings (SSSR count). The summed E-state index contributed by atoms with van der Waals surface area (Å²) in [5.41, 5.74) is 2.32. The SMILES string of the molecule is CC(=O)Nn1ccsc1=S(=O)(O)Cl. The van der Waals surface area contributed by atoms with Crippen LogP contribution in [0.5, 0.6) is 0 Å². The highest BCUT2D eigenvalue weighted by Gasteiger charge is 2.04. The molecule has 0 aliphatic rings. The maximum atomic E-state index is 11.0. The molecule has 8 heteroatoms. The van der Waals surface area contributed by atoms with Gasteiger partial charge in [0.05, 0.1) is 0 Å². The first-order valence-corrected chi connectivity index (χ1v) is 6.36. The molecule has 0 bridgehead atoms. The van der Waals surface area contributed by atoms with Crippen LogP contribution in [0.2, 0.25) is 0 Å². The maximum absolute atomic E-state index is 11.0. The molecule has 0 spiro atoms. The van der Waals surface area contributed by atoms with E-state index in [1.807, 2.05) is 0 Å². The third kappa shape index (κ3) is 2.73. The lowest BCUT2D eigenvalue weighted by Crippen LogP contribution is -2.19. The number of carbonyl (C=O) groups excluding carboxylic acids is 1. The molecule has 0 saturated heterocycles. The number of hydrogen-bond acceptors (Lipinski definition) is 3. The van der Waals surface area contributed by atoms with Gasteiger partial charge in [0.1, 0.15) is 0 Å². The zero-order valence-corrected chi connectivity index (χ0v) is 8.95. The number of amides is 1. The summed E-state index contributed by atoms with van der Waals surface area (Å²) in [7, 11) is 1.66. The molecule has 1 aromatic rings. The lowest BCUT2D eigenvalue weighted by atomic mass is 10.8. The number of rotatable bonds is 1. The lowest BCUT2D eigenvalue weighted by molar-refractivity contribution is -0.115. The first-order chi connectivity index (χ1) is 5.91. The molecule has 5 nitrogen and oxygen atoms in total. The van der Waals surface area contributed by atoms with Crippen molar-refractivity contribution in [3.05, 3.63) is 15.5 Å². The van der Waals surface area contributed by atoms with Gasteiger partial charge in [-0.2, -0.15) is 0 Å². The molecule has 2 N–H and O–H groups in total. The van der Waals surface area contributed by atoms with Crippen molar-refractivity contribution < 1.29 is 13.6 Å². The van der Waals surface area contributed by atoms with E-state index in [1.54, 1.807) is 5.38 Å². The van der Waals surface area contributed by atoms with Crippen molar-refractivity contribution in [1.29, 1.82) is 0 Å². The number of aromatic nitrogens is 1. The van der Waals surface area contributed by atoms with Crippen molar-refractivity contribution in [3.63, 3.8) is 0 Å². The van der Waals surface area contributed by atoms with Crippen LogP contribution >= 0.6 is 22.0 Å². The van der Waals surface area contributed by atoms with E-state index in [2.05, 4.69) is 5.43 Å². The standard InChI is InChI=1S/C5H7ClN2O3S2/c1-4(9)7-8-2-3-12-5(8)13(6,10)11/h2-3H,1H3,(H,7,9)(H,10,11). The smallest absolute Gasteiger partial charge is 0.235 e. The van der Waals surface area contributed by atoms with Gasteiger partial charge in [0.25, 0.3) is 0 Å². The van der Waals surface area contributed by atoms with E-state index in [0.29, 0.717) is 0 Å². The van der Waals surface area contributed by atoms with Gasteiger partial charge in [-0.15, -0.1) is 11.3 Å². The van der Waals surface area contributed by atoms with Crippen LogP contribution in [0.1, 0.15) is 6.92 Å². The minimum Gasteiger partial charge on any atom is -0.300 e. The molecule has 0 aliphatic carbocycles. The fourth-order valence-electron chi connectivity index (χ4n) is 0.700. The molecule has 74 valence electrons. The fourth-order valence-corrected chi connectivity index (χ4v) is 2.76. The molecule has 0 aromatic carbocycles. The van der Waals surface area contributed by atoms with Crippen LogP contribution in [0, 0.1) is 3.95 Å². The number of nitrogens with zero attached hydrogens (tertiary/aromatic N) is 1. The van der Waals surface area contributed by atoms with E-state index in [1.165, 1.54) is 13.1 Å². The van der Waals surface area contributed by atoms with Gasteiger partial charge in [0.2, 0.25) is 18.9 Å². The largest absolute Gasteiger partial charge is 0.300 e. The highest BCUT2D eigenvalue weighted by Crippen LogP contribution is 2.08. The fraction of sp³-hybridized carbons (Fsp3) is 0.200. The van der Waals surface area contributed by atoms with Crippen molar-refractivity contribution >= 4 is 36.9 Å². The Balaban J connectivity index is 3.36. The summed E-state index contributed by atoms with van der Waals surface area (Å²) in [5, 5.41) is 1.55. The van der Waals surface area contributed by atoms with Crippen LogP contribution in [-0.4, -0.2) is 19.3 Å². The number of nitrogens with one attached hydrogen (secondary N) is 1. The second kappa shape index (κ2) is 3.70. The predicted octanol–water partition coefficient (Wildman–Crippen LogP) is 1.08. The third-order valence-corrected chi connectivity index (χ3v) is 4.03. The van der Waals surface area contributed by atoms with E-state index < -0.39 is 9.02 Å². The Labute approximate surface area is 83.3 Å². The molecule has 1 amide bonds. The Kier molecular flexibility index (Phi) is 3.01. The van der Waals surface area contributed by atoms with Crippen molar-refractivity contribution in [2.24, 2.45) is 0 Å². The Bertz CT molecular complexity index is 460. The molecule has 1 heterocycles. The van der Waals surface area contributed by atoms with Gasteiger partial charge in [-0.3, -0.25) is 14.8 Å². The normalized spacial score (nSPS) is 15.0. The van der Waals surface area contributed by atoms with Gasteiger partial charge < -0.3 is 0 Å². The zero-order valence-electron chi connectivity index (χ0n) is 6.56. The summed E-state index contributed by atoms with van der Waals surface area (Å²) >= 11 is 0.989. The minimum absolute atomic E-state index is 0.00985. The second-order valence-electron chi connectivity index (χ2n) is 2.17. The summed E-state index contributed by atoms with van der Waals surface area (Å²) in [4.78, 5) is 10.6. The molecule has 1 atom stereocenters. The third-order valence-electron chi connectivity index (χ3n) is 1.07. The highest BCUT2D eigenvalue weighted by molar-refractivity contribution is 8.13. The average molecular weight is 243 g/mol. The molecule has 13 heavy (non-hydrogen) atoms. The molecular formula is C5H7ClN2O3S2. The Morgan fingerprint density at radius 2 is 2.46 bits per heavy atom. The number of halogens is 1.